The fraction of sp³-hybridized carbons (Fsp3) is 0.607. The molecule has 1 aromatic carbocycles. The predicted molar refractivity (Wildman–Crippen MR) is 134 cm³/mol. The maximum atomic E-state index is 13.7. The Balaban J connectivity index is 1.74. The number of fused-ring (bicyclic) bond motifs is 1. The number of piperidine rings is 1. The van der Waals surface area contributed by atoms with Crippen molar-refractivity contribution in [3.8, 4) is 0 Å². The Morgan fingerprint density at radius 1 is 1.14 bits per heavy atom. The monoisotopic (exact) mass is 484 g/mol. The van der Waals surface area contributed by atoms with Gasteiger partial charge in [-0.2, -0.15) is 0 Å². The lowest BCUT2D eigenvalue weighted by atomic mass is 9.69. The number of allylic oxidation sites excluding steroid dienone is 1. The van der Waals surface area contributed by atoms with Gasteiger partial charge in [-0.3, -0.25) is 14.4 Å². The van der Waals surface area contributed by atoms with Crippen LogP contribution in [0.2, 0.25) is 0 Å². The molecule has 0 radical (unpaired) electrons. The Hall–Kier alpha value is -2.67. The van der Waals surface area contributed by atoms with Crippen LogP contribution in [0.5, 0.6) is 0 Å². The molecule has 0 aromatic heterocycles. The highest BCUT2D eigenvalue weighted by atomic mass is 16.5. The van der Waals surface area contributed by atoms with Crippen molar-refractivity contribution in [1.29, 1.82) is 0 Å². The van der Waals surface area contributed by atoms with E-state index in [1.54, 1.807) is 4.90 Å². The summed E-state index contributed by atoms with van der Waals surface area (Å²) in [6.45, 7) is 4.34. The van der Waals surface area contributed by atoms with Crippen molar-refractivity contribution in [2.45, 2.75) is 71.3 Å². The Morgan fingerprint density at radius 2 is 1.91 bits per heavy atom. The van der Waals surface area contributed by atoms with Crippen molar-refractivity contribution in [1.82, 2.24) is 10.2 Å². The minimum atomic E-state index is -0.897. The molecule has 0 bridgehead atoms. The Bertz CT molecular complexity index is 885. The van der Waals surface area contributed by atoms with Crippen LogP contribution in [0.3, 0.4) is 0 Å². The van der Waals surface area contributed by atoms with Crippen molar-refractivity contribution in [3.05, 3.63) is 47.7 Å². The van der Waals surface area contributed by atoms with E-state index in [1.165, 1.54) is 7.11 Å². The van der Waals surface area contributed by atoms with E-state index >= 15 is 0 Å². The van der Waals surface area contributed by atoms with Crippen molar-refractivity contribution in [2.24, 2.45) is 11.3 Å². The van der Waals surface area contributed by atoms with Crippen LogP contribution in [0.4, 0.5) is 0 Å². The van der Waals surface area contributed by atoms with Crippen LogP contribution < -0.4 is 5.32 Å². The van der Waals surface area contributed by atoms with Crippen molar-refractivity contribution < 1.29 is 23.9 Å². The van der Waals surface area contributed by atoms with Gasteiger partial charge in [-0.15, -0.1) is 0 Å². The Morgan fingerprint density at radius 3 is 2.66 bits per heavy atom. The van der Waals surface area contributed by atoms with E-state index in [0.29, 0.717) is 32.5 Å². The molecule has 35 heavy (non-hydrogen) atoms. The van der Waals surface area contributed by atoms with Crippen LogP contribution in [-0.4, -0.2) is 49.6 Å². The first-order valence-electron chi connectivity index (χ1n) is 13.0. The summed E-state index contributed by atoms with van der Waals surface area (Å²) in [5.41, 5.74) is 0.834. The molecule has 2 aliphatic rings. The molecule has 1 aromatic rings. The molecule has 0 unspecified atom stereocenters. The van der Waals surface area contributed by atoms with E-state index in [0.717, 1.165) is 56.4 Å². The second kappa shape index (κ2) is 13.4. The number of carbonyl (C=O) groups excluding carboxylic acids is 3. The second-order valence-corrected chi connectivity index (χ2v) is 9.59. The van der Waals surface area contributed by atoms with Gasteiger partial charge in [0.1, 0.15) is 5.41 Å². The highest BCUT2D eigenvalue weighted by Gasteiger charge is 2.53. The van der Waals surface area contributed by atoms with E-state index < -0.39 is 11.3 Å². The number of nitrogens with zero attached hydrogens (tertiary/aromatic N) is 1. The summed E-state index contributed by atoms with van der Waals surface area (Å²) < 4.78 is 10.8. The zero-order valence-corrected chi connectivity index (χ0v) is 21.2. The number of unbranched alkanes of at least 4 members (excludes halogenated alkanes) is 1. The number of nitrogens with one attached hydrogen (secondary N) is 1. The molecule has 1 aliphatic carbocycles. The van der Waals surface area contributed by atoms with Crippen LogP contribution in [0, 0.1) is 11.3 Å². The van der Waals surface area contributed by atoms with Crippen molar-refractivity contribution in [2.75, 3.05) is 26.9 Å². The Kier molecular flexibility index (Phi) is 10.3. The molecule has 7 heteroatoms. The second-order valence-electron chi connectivity index (χ2n) is 9.59. The maximum Gasteiger partial charge on any atom is 0.317 e. The lowest BCUT2D eigenvalue weighted by Gasteiger charge is -2.46. The lowest BCUT2D eigenvalue weighted by molar-refractivity contribution is -0.160. The van der Waals surface area contributed by atoms with Gasteiger partial charge in [-0.1, -0.05) is 56.2 Å². The van der Waals surface area contributed by atoms with Gasteiger partial charge in [0.05, 0.1) is 13.7 Å². The van der Waals surface area contributed by atoms with Gasteiger partial charge in [0.15, 0.2) is 0 Å². The zero-order valence-electron chi connectivity index (χ0n) is 21.2. The summed E-state index contributed by atoms with van der Waals surface area (Å²) >= 11 is 0. The molecule has 0 saturated carbocycles. The normalized spacial score (nSPS) is 22.1. The number of ether oxygens (including phenoxy) is 2. The van der Waals surface area contributed by atoms with Crippen LogP contribution in [0.15, 0.2) is 42.1 Å². The first-order valence-corrected chi connectivity index (χ1v) is 13.0. The first-order chi connectivity index (χ1) is 17.0. The van der Waals surface area contributed by atoms with E-state index in [9.17, 15) is 14.4 Å². The molecule has 7 nitrogen and oxygen atoms in total. The number of methoxy groups -OCH3 is 1. The van der Waals surface area contributed by atoms with Crippen LogP contribution in [0.1, 0.15) is 70.3 Å². The molecular weight excluding hydrogens is 444 g/mol. The highest BCUT2D eigenvalue weighted by molar-refractivity contribution is 5.92. The van der Waals surface area contributed by atoms with Crippen molar-refractivity contribution >= 4 is 17.8 Å². The topological polar surface area (TPSA) is 84.9 Å². The van der Waals surface area contributed by atoms with Gasteiger partial charge in [-0.05, 0) is 44.1 Å². The molecule has 192 valence electrons. The zero-order chi connectivity index (χ0) is 25.1. The third-order valence-electron chi connectivity index (χ3n) is 7.01. The van der Waals surface area contributed by atoms with Gasteiger partial charge in [0, 0.05) is 37.8 Å². The molecule has 2 atom stereocenters. The van der Waals surface area contributed by atoms with Crippen LogP contribution in [-0.2, 0) is 30.4 Å². The lowest BCUT2D eigenvalue weighted by Crippen LogP contribution is -2.53. The number of rotatable bonds is 12. The van der Waals surface area contributed by atoms with Crippen LogP contribution in [0.25, 0.3) is 0 Å². The molecular formula is C28H40N2O5. The predicted octanol–water partition coefficient (Wildman–Crippen LogP) is 4.37. The summed E-state index contributed by atoms with van der Waals surface area (Å²) in [7, 11) is 1.40. The number of likely N-dealkylation sites (tertiary alicyclic amines) is 1. The smallest absolute Gasteiger partial charge is 0.317 e. The van der Waals surface area contributed by atoms with Crippen LogP contribution >= 0.6 is 0 Å². The fourth-order valence-corrected chi connectivity index (χ4v) is 5.18. The summed E-state index contributed by atoms with van der Waals surface area (Å²) in [6, 6.07) is 9.77. The first kappa shape index (κ1) is 26.9. The molecule has 1 aliphatic heterocycles. The van der Waals surface area contributed by atoms with Gasteiger partial charge in [0.2, 0.25) is 11.8 Å². The minimum absolute atomic E-state index is 0.0623. The largest absolute Gasteiger partial charge is 0.468 e. The average molecular weight is 485 g/mol. The fourth-order valence-electron chi connectivity index (χ4n) is 5.18. The molecule has 2 amide bonds. The number of amides is 2. The van der Waals surface area contributed by atoms with Gasteiger partial charge >= 0.3 is 5.97 Å². The van der Waals surface area contributed by atoms with E-state index in [2.05, 4.69) is 12.2 Å². The Labute approximate surface area is 209 Å². The standard InChI is InChI=1S/C28H40N2O5/c1-3-4-17-35-18-11-16-29-25(31)19-23-20-28(27(33)34-2)15-10-6-9-14-24(28)30(26(23)32)21-22-12-7-5-8-13-22/h5,7-8,12-14,23H,3-4,6,9-11,15-21H2,1-2H3,(H,29,31)/t23-,28+/m1/s1. The third-order valence-corrected chi connectivity index (χ3v) is 7.01. The highest BCUT2D eigenvalue weighted by Crippen LogP contribution is 2.49. The summed E-state index contributed by atoms with van der Waals surface area (Å²) in [5.74, 6) is -1.16. The molecule has 1 fully saturated rings. The number of hydrogen-bond acceptors (Lipinski definition) is 5. The maximum absolute atomic E-state index is 13.7. The van der Waals surface area contributed by atoms with Gasteiger partial charge in [-0.25, -0.2) is 0 Å². The number of carbonyl (C=O) groups is 3. The summed E-state index contributed by atoms with van der Waals surface area (Å²) in [4.78, 5) is 41.4. The molecule has 1 heterocycles. The summed E-state index contributed by atoms with van der Waals surface area (Å²) in [5, 5.41) is 2.93. The molecule has 3 rings (SSSR count). The van der Waals surface area contributed by atoms with Gasteiger partial charge in [0.25, 0.3) is 0 Å². The van der Waals surface area contributed by atoms with E-state index in [-0.39, 0.29) is 24.2 Å². The number of hydrogen-bond donors (Lipinski definition) is 1. The van der Waals surface area contributed by atoms with Gasteiger partial charge < -0.3 is 19.7 Å². The minimum Gasteiger partial charge on any atom is -0.468 e. The molecule has 1 saturated heterocycles. The number of benzene rings is 1. The van der Waals surface area contributed by atoms with E-state index in [4.69, 9.17) is 9.47 Å². The third kappa shape index (κ3) is 6.94. The SMILES string of the molecule is CCCCOCCCNC(=O)C[C@@H]1C[C@@]2(C(=O)OC)CCCCC=C2N(Cc2ccccc2)C1=O. The number of esters is 1. The quantitative estimate of drug-likeness (QED) is 0.352. The summed E-state index contributed by atoms with van der Waals surface area (Å²) in [6.07, 6.45) is 8.55. The van der Waals surface area contributed by atoms with E-state index in [1.807, 2.05) is 36.4 Å². The average Bonchev–Trinajstić information content (AvgIpc) is 3.09. The molecule has 0 spiro atoms. The van der Waals surface area contributed by atoms with Crippen molar-refractivity contribution in [3.63, 3.8) is 0 Å². The molecule has 1 N–H and O–H groups in total.